The largest absolute Gasteiger partial charge is 0.330 e. The molecular weight excluding hydrogens is 262 g/mol. The van der Waals surface area contributed by atoms with E-state index in [0.717, 1.165) is 16.6 Å². The van der Waals surface area contributed by atoms with Crippen molar-refractivity contribution in [1.82, 2.24) is 9.55 Å². The topological polar surface area (TPSA) is 60.9 Å². The van der Waals surface area contributed by atoms with E-state index in [-0.39, 0.29) is 11.5 Å². The molecular formula is C17H17N3O. The van der Waals surface area contributed by atoms with Crippen LogP contribution in [-0.2, 0) is 6.54 Å². The predicted octanol–water partition coefficient (Wildman–Crippen LogP) is 2.14. The van der Waals surface area contributed by atoms with Crippen LogP contribution >= 0.6 is 0 Å². The molecule has 0 amide bonds. The Bertz CT molecular complexity index is 796. The summed E-state index contributed by atoms with van der Waals surface area (Å²) in [5.41, 5.74) is 8.63. The Balaban J connectivity index is 2.04. The zero-order valence-electron chi connectivity index (χ0n) is 11.6. The van der Waals surface area contributed by atoms with Crippen LogP contribution in [0, 0.1) is 0 Å². The van der Waals surface area contributed by atoms with Crippen LogP contribution in [0.5, 0.6) is 0 Å². The maximum absolute atomic E-state index is 12.2. The maximum atomic E-state index is 12.2. The van der Waals surface area contributed by atoms with Gasteiger partial charge in [0.15, 0.2) is 0 Å². The maximum Gasteiger partial charge on any atom is 0.269 e. The van der Waals surface area contributed by atoms with Crippen LogP contribution < -0.4 is 11.3 Å². The van der Waals surface area contributed by atoms with Gasteiger partial charge in [-0.3, -0.25) is 4.79 Å². The van der Waals surface area contributed by atoms with Crippen LogP contribution in [0.1, 0.15) is 11.5 Å². The van der Waals surface area contributed by atoms with Gasteiger partial charge in [0, 0.05) is 19.0 Å². The first-order chi connectivity index (χ1) is 10.3. The highest BCUT2D eigenvalue weighted by molar-refractivity contribution is 5.74. The van der Waals surface area contributed by atoms with Crippen LogP contribution in [0.4, 0.5) is 0 Å². The Morgan fingerprint density at radius 2 is 1.76 bits per heavy atom. The number of para-hydroxylation sites is 2. The Kier molecular flexibility index (Phi) is 3.79. The minimum atomic E-state index is -0.0944. The summed E-state index contributed by atoms with van der Waals surface area (Å²) in [6.07, 6.45) is 1.38. The molecule has 0 fully saturated rings. The third kappa shape index (κ3) is 2.71. The van der Waals surface area contributed by atoms with Crippen LogP contribution in [0.2, 0.25) is 0 Å². The first-order valence-electron chi connectivity index (χ1n) is 6.99. The van der Waals surface area contributed by atoms with Crippen molar-refractivity contribution in [3.63, 3.8) is 0 Å². The fourth-order valence-corrected chi connectivity index (χ4v) is 2.56. The zero-order valence-corrected chi connectivity index (χ0v) is 11.6. The summed E-state index contributed by atoms with van der Waals surface area (Å²) in [4.78, 5) is 16.4. The van der Waals surface area contributed by atoms with Crippen molar-refractivity contribution in [2.24, 2.45) is 5.73 Å². The molecule has 1 unspecified atom stereocenters. The van der Waals surface area contributed by atoms with Crippen LogP contribution in [-0.4, -0.2) is 16.1 Å². The molecule has 4 nitrogen and oxygen atoms in total. The number of benzene rings is 2. The number of hydrogen-bond donors (Lipinski definition) is 1. The predicted molar refractivity (Wildman–Crippen MR) is 84.2 cm³/mol. The van der Waals surface area contributed by atoms with Gasteiger partial charge in [-0.1, -0.05) is 42.5 Å². The number of fused-ring (bicyclic) bond motifs is 1. The second kappa shape index (κ2) is 5.89. The van der Waals surface area contributed by atoms with Gasteiger partial charge in [-0.05, 0) is 17.7 Å². The lowest BCUT2D eigenvalue weighted by atomic mass is 9.99. The lowest BCUT2D eigenvalue weighted by molar-refractivity contribution is 0.565. The van der Waals surface area contributed by atoms with E-state index >= 15 is 0 Å². The minimum absolute atomic E-state index is 0.0944. The van der Waals surface area contributed by atoms with Crippen molar-refractivity contribution < 1.29 is 0 Å². The first kappa shape index (κ1) is 13.5. The molecule has 2 aromatic carbocycles. The van der Waals surface area contributed by atoms with Gasteiger partial charge in [-0.15, -0.1) is 0 Å². The van der Waals surface area contributed by atoms with Gasteiger partial charge in [0.2, 0.25) is 0 Å². The Morgan fingerprint density at radius 1 is 1.05 bits per heavy atom. The summed E-state index contributed by atoms with van der Waals surface area (Å²) >= 11 is 0. The summed E-state index contributed by atoms with van der Waals surface area (Å²) in [5.74, 6) is 0.106. The van der Waals surface area contributed by atoms with E-state index < -0.39 is 0 Å². The molecule has 0 bridgehead atoms. The minimum Gasteiger partial charge on any atom is -0.330 e. The van der Waals surface area contributed by atoms with Crippen molar-refractivity contribution in [2.45, 2.75) is 12.5 Å². The number of hydrogen-bond acceptors (Lipinski definition) is 3. The van der Waals surface area contributed by atoms with Crippen molar-refractivity contribution in [1.29, 1.82) is 0 Å². The van der Waals surface area contributed by atoms with E-state index in [9.17, 15) is 4.79 Å². The van der Waals surface area contributed by atoms with Gasteiger partial charge in [0.1, 0.15) is 0 Å². The third-order valence-corrected chi connectivity index (χ3v) is 3.71. The second-order valence-corrected chi connectivity index (χ2v) is 5.04. The van der Waals surface area contributed by atoms with Gasteiger partial charge >= 0.3 is 0 Å². The van der Waals surface area contributed by atoms with Crippen molar-refractivity contribution >= 4 is 11.0 Å². The molecule has 0 aliphatic carbocycles. The monoisotopic (exact) mass is 279 g/mol. The molecule has 106 valence electrons. The SMILES string of the molecule is NCC(Cn1c(=O)cnc2ccccc21)c1ccccc1. The standard InChI is InChI=1S/C17H17N3O/c18-10-14(13-6-2-1-3-7-13)12-20-16-9-5-4-8-15(16)19-11-17(20)21/h1-9,11,14H,10,12,18H2. The molecule has 1 heterocycles. The Morgan fingerprint density at radius 3 is 2.52 bits per heavy atom. The van der Waals surface area contributed by atoms with Crippen molar-refractivity contribution in [3.05, 3.63) is 76.7 Å². The normalized spacial score (nSPS) is 12.4. The van der Waals surface area contributed by atoms with Gasteiger partial charge in [0.25, 0.3) is 5.56 Å². The van der Waals surface area contributed by atoms with E-state index in [1.807, 2.05) is 54.6 Å². The van der Waals surface area contributed by atoms with Crippen molar-refractivity contribution in [3.8, 4) is 0 Å². The number of nitrogens with two attached hydrogens (primary N) is 1. The molecule has 0 aliphatic heterocycles. The molecule has 3 rings (SSSR count). The quantitative estimate of drug-likeness (QED) is 0.796. The van der Waals surface area contributed by atoms with Crippen molar-refractivity contribution in [2.75, 3.05) is 6.54 Å². The number of rotatable bonds is 4. The summed E-state index contributed by atoms with van der Waals surface area (Å²) in [6.45, 7) is 1.05. The summed E-state index contributed by atoms with van der Waals surface area (Å²) in [5, 5.41) is 0. The highest BCUT2D eigenvalue weighted by Crippen LogP contribution is 2.18. The van der Waals surface area contributed by atoms with Gasteiger partial charge < -0.3 is 10.3 Å². The lowest BCUT2D eigenvalue weighted by Crippen LogP contribution is -2.27. The zero-order chi connectivity index (χ0) is 14.7. The summed E-state index contributed by atoms with van der Waals surface area (Å²) < 4.78 is 1.76. The number of nitrogens with zero attached hydrogens (tertiary/aromatic N) is 2. The van der Waals surface area contributed by atoms with E-state index in [1.165, 1.54) is 6.20 Å². The van der Waals surface area contributed by atoms with E-state index in [1.54, 1.807) is 4.57 Å². The van der Waals surface area contributed by atoms with Gasteiger partial charge in [-0.25, -0.2) is 4.98 Å². The second-order valence-electron chi connectivity index (χ2n) is 5.04. The van der Waals surface area contributed by atoms with E-state index in [0.29, 0.717) is 13.1 Å². The van der Waals surface area contributed by atoms with Crippen LogP contribution in [0.3, 0.4) is 0 Å². The molecule has 0 saturated heterocycles. The Labute approximate surface area is 122 Å². The lowest BCUT2D eigenvalue weighted by Gasteiger charge is -2.18. The molecule has 0 radical (unpaired) electrons. The van der Waals surface area contributed by atoms with Crippen LogP contribution in [0.15, 0.2) is 65.6 Å². The summed E-state index contributed by atoms with van der Waals surface area (Å²) in [7, 11) is 0. The average molecular weight is 279 g/mol. The molecule has 3 aromatic rings. The smallest absolute Gasteiger partial charge is 0.269 e. The highest BCUT2D eigenvalue weighted by atomic mass is 16.1. The molecule has 0 aliphatic rings. The molecule has 0 saturated carbocycles. The third-order valence-electron chi connectivity index (χ3n) is 3.71. The molecule has 2 N–H and O–H groups in total. The fraction of sp³-hybridized carbons (Fsp3) is 0.176. The molecule has 21 heavy (non-hydrogen) atoms. The van der Waals surface area contributed by atoms with Gasteiger partial charge in [-0.2, -0.15) is 0 Å². The van der Waals surface area contributed by atoms with Crippen LogP contribution in [0.25, 0.3) is 11.0 Å². The first-order valence-corrected chi connectivity index (χ1v) is 6.99. The molecule has 0 spiro atoms. The number of aromatic nitrogens is 2. The molecule has 1 atom stereocenters. The van der Waals surface area contributed by atoms with Gasteiger partial charge in [0.05, 0.1) is 17.2 Å². The average Bonchev–Trinajstić information content (AvgIpc) is 2.55. The molecule has 4 heteroatoms. The van der Waals surface area contributed by atoms with E-state index in [4.69, 9.17) is 5.73 Å². The fourth-order valence-electron chi connectivity index (χ4n) is 2.56. The van der Waals surface area contributed by atoms with E-state index in [2.05, 4.69) is 4.98 Å². The summed E-state index contributed by atoms with van der Waals surface area (Å²) in [6, 6.07) is 17.7. The molecule has 1 aromatic heterocycles. The Hall–Kier alpha value is -2.46. The highest BCUT2D eigenvalue weighted by Gasteiger charge is 2.13.